The predicted octanol–water partition coefficient (Wildman–Crippen LogP) is 4.02. The van der Waals surface area contributed by atoms with E-state index in [4.69, 9.17) is 4.42 Å². The molecule has 1 aromatic carbocycles. The van der Waals surface area contributed by atoms with Crippen molar-refractivity contribution in [3.8, 4) is 0 Å². The van der Waals surface area contributed by atoms with Crippen molar-refractivity contribution < 1.29 is 9.21 Å². The normalized spacial score (nSPS) is 11.0. The molecule has 23 heavy (non-hydrogen) atoms. The Morgan fingerprint density at radius 1 is 1.39 bits per heavy atom. The van der Waals surface area contributed by atoms with Crippen molar-refractivity contribution in [2.75, 3.05) is 6.54 Å². The number of hydrogen-bond donors (Lipinski definition) is 1. The predicted molar refractivity (Wildman–Crippen MR) is 93.0 cm³/mol. The fourth-order valence-corrected chi connectivity index (χ4v) is 3.69. The van der Waals surface area contributed by atoms with Crippen LogP contribution in [-0.2, 0) is 5.75 Å². The first-order valence-electron chi connectivity index (χ1n) is 7.39. The minimum Gasteiger partial charge on any atom is -0.431 e. The number of para-hydroxylation sites is 1. The second kappa shape index (κ2) is 7.14. The summed E-state index contributed by atoms with van der Waals surface area (Å²) in [6, 6.07) is 5.89. The molecule has 0 radical (unpaired) electrons. The average Bonchev–Trinajstić information content (AvgIpc) is 3.18. The van der Waals surface area contributed by atoms with E-state index in [-0.39, 0.29) is 5.91 Å². The molecule has 0 bridgehead atoms. The number of thioether (sulfide) groups is 1. The molecule has 2 aromatic heterocycles. The van der Waals surface area contributed by atoms with Crippen LogP contribution < -0.4 is 5.32 Å². The van der Waals surface area contributed by atoms with E-state index in [0.717, 1.165) is 28.1 Å². The molecule has 2 heterocycles. The van der Waals surface area contributed by atoms with E-state index >= 15 is 0 Å². The smallest absolute Gasteiger partial charge is 0.270 e. The number of fused-ring (bicyclic) bond motifs is 1. The Morgan fingerprint density at radius 2 is 2.26 bits per heavy atom. The first-order valence-corrected chi connectivity index (χ1v) is 9.25. The first kappa shape index (κ1) is 16.0. The van der Waals surface area contributed by atoms with Crippen LogP contribution in [0, 0.1) is 6.92 Å². The third-order valence-corrected chi connectivity index (χ3v) is 5.11. The lowest BCUT2D eigenvalue weighted by Gasteiger charge is -1.98. The van der Waals surface area contributed by atoms with Crippen molar-refractivity contribution in [3.63, 3.8) is 0 Å². The number of thiazole rings is 1. The van der Waals surface area contributed by atoms with Gasteiger partial charge in [-0.1, -0.05) is 30.8 Å². The molecule has 0 saturated heterocycles. The summed E-state index contributed by atoms with van der Waals surface area (Å²) in [4.78, 5) is 20.7. The maximum atomic E-state index is 11.8. The Morgan fingerprint density at radius 3 is 3.04 bits per heavy atom. The number of rotatable bonds is 6. The van der Waals surface area contributed by atoms with E-state index in [1.165, 1.54) is 23.1 Å². The summed E-state index contributed by atoms with van der Waals surface area (Å²) in [5.41, 5.74) is 3.27. The number of hydrogen-bond acceptors (Lipinski definition) is 6. The quantitative estimate of drug-likeness (QED) is 0.682. The van der Waals surface area contributed by atoms with Gasteiger partial charge in [0.05, 0.1) is 5.75 Å². The molecule has 0 saturated carbocycles. The molecule has 0 fully saturated rings. The maximum absolute atomic E-state index is 11.8. The molecule has 3 aromatic rings. The monoisotopic (exact) mass is 347 g/mol. The van der Waals surface area contributed by atoms with E-state index in [0.29, 0.717) is 23.2 Å². The minimum atomic E-state index is -0.114. The van der Waals surface area contributed by atoms with Crippen molar-refractivity contribution in [3.05, 3.63) is 39.8 Å². The van der Waals surface area contributed by atoms with Crippen LogP contribution in [0.15, 0.2) is 33.2 Å². The molecule has 0 aliphatic heterocycles. The van der Waals surface area contributed by atoms with Gasteiger partial charge in [0, 0.05) is 11.9 Å². The molecule has 0 atom stereocenters. The molecule has 3 rings (SSSR count). The number of oxazole rings is 1. The summed E-state index contributed by atoms with van der Waals surface area (Å²) in [6.07, 6.45) is 0.912. The summed E-state index contributed by atoms with van der Waals surface area (Å²) in [6.45, 7) is 4.70. The number of aryl methyl sites for hydroxylation is 1. The van der Waals surface area contributed by atoms with Crippen molar-refractivity contribution in [2.45, 2.75) is 31.2 Å². The topological polar surface area (TPSA) is 68.0 Å². The van der Waals surface area contributed by atoms with Crippen LogP contribution >= 0.6 is 23.1 Å². The van der Waals surface area contributed by atoms with Gasteiger partial charge in [0.25, 0.3) is 11.1 Å². The van der Waals surface area contributed by atoms with E-state index in [1.807, 2.05) is 32.0 Å². The lowest BCUT2D eigenvalue weighted by Crippen LogP contribution is -2.24. The molecule has 0 aliphatic carbocycles. The van der Waals surface area contributed by atoms with E-state index in [2.05, 4.69) is 15.3 Å². The highest BCUT2D eigenvalue weighted by atomic mass is 32.2. The Balaban J connectivity index is 1.64. The Labute approximate surface area is 142 Å². The maximum Gasteiger partial charge on any atom is 0.270 e. The van der Waals surface area contributed by atoms with Crippen LogP contribution in [0.1, 0.15) is 34.4 Å². The third-order valence-electron chi connectivity index (χ3n) is 3.24. The molecular formula is C16H17N3O2S2. The third kappa shape index (κ3) is 3.73. The summed E-state index contributed by atoms with van der Waals surface area (Å²) in [7, 11) is 0. The standard InChI is InChI=1S/C16H17N3O2S2/c1-3-7-17-15(20)11-8-22-13(18-11)9-23-16-19-14-10(2)5-4-6-12(14)21-16/h4-6,8H,3,7,9H2,1-2H3,(H,17,20). The highest BCUT2D eigenvalue weighted by Crippen LogP contribution is 2.28. The van der Waals surface area contributed by atoms with Gasteiger partial charge in [-0.25, -0.2) is 9.97 Å². The average molecular weight is 347 g/mol. The lowest BCUT2D eigenvalue weighted by atomic mass is 10.2. The van der Waals surface area contributed by atoms with Crippen LogP contribution in [0.3, 0.4) is 0 Å². The second-order valence-electron chi connectivity index (χ2n) is 5.07. The number of carbonyl (C=O) groups excluding carboxylic acids is 1. The second-order valence-corrected chi connectivity index (χ2v) is 6.94. The zero-order valence-electron chi connectivity index (χ0n) is 13.0. The van der Waals surface area contributed by atoms with E-state index in [1.54, 1.807) is 5.38 Å². The van der Waals surface area contributed by atoms with Gasteiger partial charge in [0.15, 0.2) is 5.58 Å². The molecule has 1 amide bonds. The van der Waals surface area contributed by atoms with Crippen molar-refractivity contribution >= 4 is 40.1 Å². The van der Waals surface area contributed by atoms with Gasteiger partial charge in [-0.15, -0.1) is 11.3 Å². The Hall–Kier alpha value is -1.86. The van der Waals surface area contributed by atoms with Crippen molar-refractivity contribution in [1.82, 2.24) is 15.3 Å². The van der Waals surface area contributed by atoms with Crippen molar-refractivity contribution in [2.24, 2.45) is 0 Å². The van der Waals surface area contributed by atoms with Crippen LogP contribution in [0.5, 0.6) is 0 Å². The largest absolute Gasteiger partial charge is 0.431 e. The molecule has 0 unspecified atom stereocenters. The van der Waals surface area contributed by atoms with Gasteiger partial charge in [-0.05, 0) is 25.0 Å². The van der Waals surface area contributed by atoms with Crippen molar-refractivity contribution in [1.29, 1.82) is 0 Å². The summed E-state index contributed by atoms with van der Waals surface area (Å²) < 4.78 is 5.73. The SMILES string of the molecule is CCCNC(=O)c1csc(CSc2nc3c(C)cccc3o2)n1. The number of nitrogens with one attached hydrogen (secondary N) is 1. The highest BCUT2D eigenvalue weighted by molar-refractivity contribution is 7.98. The van der Waals surface area contributed by atoms with Gasteiger partial charge in [-0.2, -0.15) is 0 Å². The van der Waals surface area contributed by atoms with Gasteiger partial charge in [0.1, 0.15) is 16.2 Å². The van der Waals surface area contributed by atoms with Gasteiger partial charge in [0.2, 0.25) is 0 Å². The number of carbonyl (C=O) groups is 1. The fourth-order valence-electron chi connectivity index (χ4n) is 2.06. The van der Waals surface area contributed by atoms with E-state index < -0.39 is 0 Å². The summed E-state index contributed by atoms with van der Waals surface area (Å²) in [5.74, 6) is 0.522. The number of amides is 1. The van der Waals surface area contributed by atoms with Crippen LogP contribution in [-0.4, -0.2) is 22.4 Å². The Kier molecular flexibility index (Phi) is 4.97. The molecular weight excluding hydrogens is 330 g/mol. The molecule has 7 heteroatoms. The highest BCUT2D eigenvalue weighted by Gasteiger charge is 2.12. The van der Waals surface area contributed by atoms with Gasteiger partial charge < -0.3 is 9.73 Å². The van der Waals surface area contributed by atoms with Crippen LogP contribution in [0.4, 0.5) is 0 Å². The number of aromatic nitrogens is 2. The van der Waals surface area contributed by atoms with Gasteiger partial charge >= 0.3 is 0 Å². The summed E-state index contributed by atoms with van der Waals surface area (Å²) in [5, 5.41) is 6.13. The molecule has 0 spiro atoms. The van der Waals surface area contributed by atoms with Crippen LogP contribution in [0.25, 0.3) is 11.1 Å². The van der Waals surface area contributed by atoms with E-state index in [9.17, 15) is 4.79 Å². The lowest BCUT2D eigenvalue weighted by molar-refractivity contribution is 0.0949. The Bertz CT molecular complexity index is 826. The van der Waals surface area contributed by atoms with Gasteiger partial charge in [-0.3, -0.25) is 4.79 Å². The fraction of sp³-hybridized carbons (Fsp3) is 0.312. The minimum absolute atomic E-state index is 0.114. The zero-order chi connectivity index (χ0) is 16.2. The number of nitrogens with zero attached hydrogens (tertiary/aromatic N) is 2. The van der Waals surface area contributed by atoms with Crippen LogP contribution in [0.2, 0.25) is 0 Å². The zero-order valence-corrected chi connectivity index (χ0v) is 14.6. The molecule has 0 aliphatic rings. The molecule has 5 nitrogen and oxygen atoms in total. The molecule has 1 N–H and O–H groups in total. The first-order chi connectivity index (χ1) is 11.2. The summed E-state index contributed by atoms with van der Waals surface area (Å²) >= 11 is 2.97. The molecule has 120 valence electrons. The number of benzene rings is 1.